The molecule has 5 nitrogen and oxygen atoms in total. The van der Waals surface area contributed by atoms with Crippen LogP contribution < -0.4 is 17.0 Å². The Labute approximate surface area is 91.2 Å². The van der Waals surface area contributed by atoms with Crippen LogP contribution in [0.5, 0.6) is 0 Å². The van der Waals surface area contributed by atoms with Gasteiger partial charge in [-0.15, -0.1) is 0 Å². The Morgan fingerprint density at radius 3 is 2.44 bits per heavy atom. The van der Waals surface area contributed by atoms with E-state index in [1.165, 1.54) is 16.8 Å². The van der Waals surface area contributed by atoms with Crippen LogP contribution in [0, 0.1) is 0 Å². The van der Waals surface area contributed by atoms with Gasteiger partial charge in [-0.3, -0.25) is 14.3 Å². The van der Waals surface area contributed by atoms with Gasteiger partial charge in [-0.25, -0.2) is 4.79 Å². The number of aromatic nitrogens is 2. The van der Waals surface area contributed by atoms with Crippen LogP contribution in [0.3, 0.4) is 0 Å². The minimum Gasteiger partial charge on any atom is -0.399 e. The Hall–Kier alpha value is -2.30. The molecule has 16 heavy (non-hydrogen) atoms. The summed E-state index contributed by atoms with van der Waals surface area (Å²) in [4.78, 5) is 24.4. The van der Waals surface area contributed by atoms with Crippen LogP contribution in [-0.2, 0) is 6.54 Å². The summed E-state index contributed by atoms with van der Waals surface area (Å²) in [6, 6.07) is 8.54. The fourth-order valence-electron chi connectivity index (χ4n) is 1.39. The number of nitrogens with zero attached hydrogens (tertiary/aromatic N) is 1. The Morgan fingerprint density at radius 1 is 1.12 bits per heavy atom. The van der Waals surface area contributed by atoms with Crippen molar-refractivity contribution in [2.75, 3.05) is 5.73 Å². The van der Waals surface area contributed by atoms with Crippen molar-refractivity contribution in [3.8, 4) is 0 Å². The van der Waals surface area contributed by atoms with Gasteiger partial charge in [0, 0.05) is 18.0 Å². The molecule has 0 aliphatic heterocycles. The van der Waals surface area contributed by atoms with Gasteiger partial charge in [-0.2, -0.15) is 0 Å². The second kappa shape index (κ2) is 4.06. The van der Waals surface area contributed by atoms with Crippen LogP contribution in [0.25, 0.3) is 0 Å². The topological polar surface area (TPSA) is 80.9 Å². The van der Waals surface area contributed by atoms with Crippen LogP contribution in [0.4, 0.5) is 5.69 Å². The summed E-state index contributed by atoms with van der Waals surface area (Å²) in [5, 5.41) is 0. The van der Waals surface area contributed by atoms with E-state index in [0.29, 0.717) is 12.2 Å². The molecule has 82 valence electrons. The number of nitrogen functional groups attached to an aromatic ring is 1. The number of nitrogens with two attached hydrogens (primary N) is 1. The second-order valence-corrected chi connectivity index (χ2v) is 3.48. The van der Waals surface area contributed by atoms with E-state index in [-0.39, 0.29) is 0 Å². The van der Waals surface area contributed by atoms with Gasteiger partial charge in [0.25, 0.3) is 5.56 Å². The maximum atomic E-state index is 11.4. The number of hydrogen-bond acceptors (Lipinski definition) is 3. The lowest BCUT2D eigenvalue weighted by molar-refractivity contribution is 0.720. The molecule has 0 saturated heterocycles. The van der Waals surface area contributed by atoms with E-state index in [1.54, 1.807) is 12.1 Å². The van der Waals surface area contributed by atoms with E-state index in [2.05, 4.69) is 4.98 Å². The number of nitrogens with one attached hydrogen (secondary N) is 1. The summed E-state index contributed by atoms with van der Waals surface area (Å²) >= 11 is 0. The molecule has 0 spiro atoms. The van der Waals surface area contributed by atoms with E-state index in [1.807, 2.05) is 12.1 Å². The fraction of sp³-hybridized carbons (Fsp3) is 0.0909. The molecule has 1 heterocycles. The molecule has 2 rings (SSSR count). The number of anilines is 1. The van der Waals surface area contributed by atoms with Crippen LogP contribution in [0.15, 0.2) is 46.1 Å². The Kier molecular flexibility index (Phi) is 2.59. The highest BCUT2D eigenvalue weighted by molar-refractivity contribution is 5.39. The highest BCUT2D eigenvalue weighted by Crippen LogP contribution is 2.05. The average molecular weight is 217 g/mol. The first-order valence-corrected chi connectivity index (χ1v) is 4.79. The van der Waals surface area contributed by atoms with Crippen LogP contribution in [0.2, 0.25) is 0 Å². The minimum atomic E-state index is -0.413. The zero-order valence-corrected chi connectivity index (χ0v) is 8.51. The smallest absolute Gasteiger partial charge is 0.328 e. The Morgan fingerprint density at radius 2 is 1.81 bits per heavy atom. The van der Waals surface area contributed by atoms with Crippen molar-refractivity contribution >= 4 is 5.69 Å². The molecule has 1 aromatic carbocycles. The fourth-order valence-corrected chi connectivity index (χ4v) is 1.39. The molecular weight excluding hydrogens is 206 g/mol. The summed E-state index contributed by atoms with van der Waals surface area (Å²) in [6.07, 6.45) is 1.47. The van der Waals surface area contributed by atoms with Gasteiger partial charge in [-0.05, 0) is 17.7 Å². The Bertz CT molecular complexity index is 596. The third-order valence-corrected chi connectivity index (χ3v) is 2.23. The monoisotopic (exact) mass is 217 g/mol. The van der Waals surface area contributed by atoms with Crippen molar-refractivity contribution in [3.63, 3.8) is 0 Å². The van der Waals surface area contributed by atoms with Gasteiger partial charge < -0.3 is 5.73 Å². The van der Waals surface area contributed by atoms with Gasteiger partial charge >= 0.3 is 5.69 Å². The lowest BCUT2D eigenvalue weighted by atomic mass is 10.2. The SMILES string of the molecule is Nc1ccc(Cn2ccc(=O)[nH]c2=O)cc1. The van der Waals surface area contributed by atoms with Gasteiger partial charge in [0.2, 0.25) is 0 Å². The summed E-state index contributed by atoms with van der Waals surface area (Å²) in [6.45, 7) is 0.413. The second-order valence-electron chi connectivity index (χ2n) is 3.48. The molecule has 0 aliphatic carbocycles. The molecule has 3 N–H and O–H groups in total. The summed E-state index contributed by atoms with van der Waals surface area (Å²) < 4.78 is 1.42. The van der Waals surface area contributed by atoms with Crippen molar-refractivity contribution in [2.24, 2.45) is 0 Å². The van der Waals surface area contributed by atoms with E-state index in [0.717, 1.165) is 5.56 Å². The minimum absolute atomic E-state index is 0.390. The number of H-pyrrole nitrogens is 1. The number of hydrogen-bond donors (Lipinski definition) is 2. The van der Waals surface area contributed by atoms with Crippen molar-refractivity contribution in [1.82, 2.24) is 9.55 Å². The van der Waals surface area contributed by atoms with Crippen LogP contribution >= 0.6 is 0 Å². The van der Waals surface area contributed by atoms with Gasteiger partial charge in [0.05, 0.1) is 6.54 Å². The Balaban J connectivity index is 2.30. The molecule has 0 atom stereocenters. The summed E-state index contributed by atoms with van der Waals surface area (Å²) in [5.41, 5.74) is 6.38. The molecule has 0 unspecified atom stereocenters. The predicted octanol–water partition coefficient (Wildman–Crippen LogP) is 0.167. The number of benzene rings is 1. The quantitative estimate of drug-likeness (QED) is 0.703. The van der Waals surface area contributed by atoms with Gasteiger partial charge in [0.1, 0.15) is 0 Å². The summed E-state index contributed by atoms with van der Waals surface area (Å²) in [5.74, 6) is 0. The molecule has 0 amide bonds. The van der Waals surface area contributed by atoms with Crippen LogP contribution in [-0.4, -0.2) is 9.55 Å². The largest absolute Gasteiger partial charge is 0.399 e. The van der Waals surface area contributed by atoms with Crippen LogP contribution in [0.1, 0.15) is 5.56 Å². The first-order chi connectivity index (χ1) is 7.65. The first kappa shape index (κ1) is 10.2. The maximum Gasteiger partial charge on any atom is 0.328 e. The van der Waals surface area contributed by atoms with E-state index in [9.17, 15) is 9.59 Å². The zero-order chi connectivity index (χ0) is 11.5. The lowest BCUT2D eigenvalue weighted by Crippen LogP contribution is -2.28. The number of aromatic amines is 1. The lowest BCUT2D eigenvalue weighted by Gasteiger charge is -2.04. The predicted molar refractivity (Wildman–Crippen MR) is 61.3 cm³/mol. The van der Waals surface area contributed by atoms with Gasteiger partial charge in [0.15, 0.2) is 0 Å². The van der Waals surface area contributed by atoms with E-state index < -0.39 is 11.2 Å². The normalized spacial score (nSPS) is 10.2. The molecule has 5 heteroatoms. The van der Waals surface area contributed by atoms with Crippen molar-refractivity contribution in [2.45, 2.75) is 6.54 Å². The highest BCUT2D eigenvalue weighted by atomic mass is 16.2. The van der Waals surface area contributed by atoms with Gasteiger partial charge in [-0.1, -0.05) is 12.1 Å². The molecule has 1 aromatic heterocycles. The summed E-state index contributed by atoms with van der Waals surface area (Å²) in [7, 11) is 0. The molecule has 0 aliphatic rings. The average Bonchev–Trinajstić information content (AvgIpc) is 2.25. The molecule has 0 saturated carbocycles. The molecule has 0 fully saturated rings. The third-order valence-electron chi connectivity index (χ3n) is 2.23. The number of rotatable bonds is 2. The third kappa shape index (κ3) is 2.20. The maximum absolute atomic E-state index is 11.4. The van der Waals surface area contributed by atoms with E-state index in [4.69, 9.17) is 5.73 Å². The highest BCUT2D eigenvalue weighted by Gasteiger charge is 1.98. The molecule has 0 radical (unpaired) electrons. The van der Waals surface area contributed by atoms with Crippen molar-refractivity contribution in [1.29, 1.82) is 0 Å². The first-order valence-electron chi connectivity index (χ1n) is 4.79. The van der Waals surface area contributed by atoms with E-state index >= 15 is 0 Å². The van der Waals surface area contributed by atoms with Crippen molar-refractivity contribution < 1.29 is 0 Å². The zero-order valence-electron chi connectivity index (χ0n) is 8.51. The molecule has 2 aromatic rings. The molecular formula is C11H11N3O2. The molecule has 0 bridgehead atoms. The van der Waals surface area contributed by atoms with Crippen molar-refractivity contribution in [3.05, 3.63) is 62.9 Å². The standard InChI is InChI=1S/C11H11N3O2/c12-9-3-1-8(2-4-9)7-14-6-5-10(15)13-11(14)16/h1-6H,7,12H2,(H,13,15,16).